The lowest BCUT2D eigenvalue weighted by atomic mass is 10.1. The maximum absolute atomic E-state index is 11.7. The summed E-state index contributed by atoms with van der Waals surface area (Å²) in [5, 5.41) is 11.5. The molecule has 7 nitrogen and oxygen atoms in total. The van der Waals surface area contributed by atoms with E-state index in [0.717, 1.165) is 5.56 Å². The van der Waals surface area contributed by atoms with E-state index < -0.39 is 5.97 Å². The molecule has 0 fully saturated rings. The van der Waals surface area contributed by atoms with Crippen LogP contribution in [0.25, 0.3) is 0 Å². The van der Waals surface area contributed by atoms with Gasteiger partial charge < -0.3 is 15.0 Å². The van der Waals surface area contributed by atoms with Gasteiger partial charge in [0.15, 0.2) is 5.69 Å². The quantitative estimate of drug-likeness (QED) is 0.782. The van der Waals surface area contributed by atoms with Crippen LogP contribution in [0.5, 0.6) is 0 Å². The van der Waals surface area contributed by atoms with E-state index in [1.165, 1.54) is 12.5 Å². The third-order valence-electron chi connectivity index (χ3n) is 2.91. The van der Waals surface area contributed by atoms with Crippen molar-refractivity contribution in [2.45, 2.75) is 19.4 Å². The van der Waals surface area contributed by atoms with Crippen LogP contribution in [-0.4, -0.2) is 38.1 Å². The van der Waals surface area contributed by atoms with Gasteiger partial charge in [0.2, 0.25) is 5.91 Å². The van der Waals surface area contributed by atoms with Gasteiger partial charge in [-0.05, 0) is 18.1 Å². The van der Waals surface area contributed by atoms with Gasteiger partial charge in [-0.15, -0.1) is 0 Å². The number of imidazole rings is 1. The lowest BCUT2D eigenvalue weighted by Gasteiger charge is -2.05. The first-order valence-corrected chi connectivity index (χ1v) is 6.56. The summed E-state index contributed by atoms with van der Waals surface area (Å²) in [5.41, 5.74) is 1.02. The molecule has 0 atom stereocenters. The first-order chi connectivity index (χ1) is 10.1. The Morgan fingerprint density at radius 1 is 1.38 bits per heavy atom. The third kappa shape index (κ3) is 4.72. The fraction of sp³-hybridized carbons (Fsp3) is 0.286. The van der Waals surface area contributed by atoms with Gasteiger partial charge >= 0.3 is 5.97 Å². The number of aromatic nitrogens is 3. The van der Waals surface area contributed by atoms with Gasteiger partial charge in [-0.3, -0.25) is 9.78 Å². The van der Waals surface area contributed by atoms with Crippen LogP contribution in [0.2, 0.25) is 0 Å². The van der Waals surface area contributed by atoms with Crippen LogP contribution in [0, 0.1) is 0 Å². The van der Waals surface area contributed by atoms with Crippen LogP contribution < -0.4 is 5.32 Å². The van der Waals surface area contributed by atoms with E-state index in [4.69, 9.17) is 5.11 Å². The zero-order valence-electron chi connectivity index (χ0n) is 11.4. The first-order valence-electron chi connectivity index (χ1n) is 6.56. The molecule has 7 heteroatoms. The van der Waals surface area contributed by atoms with Gasteiger partial charge in [0.25, 0.3) is 0 Å². The Balaban J connectivity index is 1.68. The molecule has 1 amide bonds. The van der Waals surface area contributed by atoms with E-state index in [1.54, 1.807) is 17.0 Å². The molecule has 2 N–H and O–H groups in total. The van der Waals surface area contributed by atoms with Gasteiger partial charge in [0, 0.05) is 38.1 Å². The molecular formula is C14H16N4O3. The van der Waals surface area contributed by atoms with E-state index in [-0.39, 0.29) is 11.6 Å². The topological polar surface area (TPSA) is 97.1 Å². The van der Waals surface area contributed by atoms with Crippen LogP contribution in [0.1, 0.15) is 22.5 Å². The molecule has 2 heterocycles. The normalized spacial score (nSPS) is 10.3. The zero-order valence-corrected chi connectivity index (χ0v) is 11.4. The standard InChI is InChI=1S/C14H16N4O3/c19-13(4-3-11-2-1-5-15-8-11)16-6-7-18-9-12(14(20)21)17-10-18/h1-2,5,8-10H,3-4,6-7H2,(H,16,19)(H,20,21). The lowest BCUT2D eigenvalue weighted by Crippen LogP contribution is -2.27. The van der Waals surface area contributed by atoms with Crippen molar-refractivity contribution in [3.8, 4) is 0 Å². The third-order valence-corrected chi connectivity index (χ3v) is 2.91. The Labute approximate surface area is 121 Å². The molecule has 0 unspecified atom stereocenters. The van der Waals surface area contributed by atoms with Crippen molar-refractivity contribution in [3.63, 3.8) is 0 Å². The van der Waals surface area contributed by atoms with Gasteiger partial charge in [-0.1, -0.05) is 6.07 Å². The van der Waals surface area contributed by atoms with E-state index in [1.807, 2.05) is 12.1 Å². The highest BCUT2D eigenvalue weighted by atomic mass is 16.4. The zero-order chi connectivity index (χ0) is 15.1. The number of rotatable bonds is 7. The predicted octanol–water partition coefficient (Wildman–Crippen LogP) is 0.725. The smallest absolute Gasteiger partial charge is 0.356 e. The largest absolute Gasteiger partial charge is 0.476 e. The number of carboxylic acid groups (broad SMARTS) is 1. The van der Waals surface area contributed by atoms with Crippen molar-refractivity contribution in [2.75, 3.05) is 6.54 Å². The number of hydrogen-bond donors (Lipinski definition) is 2. The van der Waals surface area contributed by atoms with Crippen molar-refractivity contribution < 1.29 is 14.7 Å². The number of hydrogen-bond acceptors (Lipinski definition) is 4. The average molecular weight is 288 g/mol. The van der Waals surface area contributed by atoms with E-state index in [2.05, 4.69) is 15.3 Å². The highest BCUT2D eigenvalue weighted by molar-refractivity contribution is 5.84. The summed E-state index contributed by atoms with van der Waals surface area (Å²) in [5.74, 6) is -1.10. The molecular weight excluding hydrogens is 272 g/mol. The monoisotopic (exact) mass is 288 g/mol. The number of carboxylic acids is 1. The van der Waals surface area contributed by atoms with Gasteiger partial charge in [0.1, 0.15) is 0 Å². The predicted molar refractivity (Wildman–Crippen MR) is 74.8 cm³/mol. The molecule has 110 valence electrons. The summed E-state index contributed by atoms with van der Waals surface area (Å²) in [6.07, 6.45) is 7.35. The van der Waals surface area contributed by atoms with Crippen molar-refractivity contribution >= 4 is 11.9 Å². The molecule has 0 spiro atoms. The van der Waals surface area contributed by atoms with Crippen molar-refractivity contribution in [3.05, 3.63) is 48.3 Å². The second-order valence-corrected chi connectivity index (χ2v) is 4.51. The lowest BCUT2D eigenvalue weighted by molar-refractivity contribution is -0.121. The fourth-order valence-corrected chi connectivity index (χ4v) is 1.81. The van der Waals surface area contributed by atoms with E-state index in [9.17, 15) is 9.59 Å². The SMILES string of the molecule is O=C(CCc1cccnc1)NCCn1cnc(C(=O)O)c1. The van der Waals surface area contributed by atoms with Crippen LogP contribution in [0.15, 0.2) is 37.1 Å². The van der Waals surface area contributed by atoms with Crippen LogP contribution in [0.4, 0.5) is 0 Å². The molecule has 0 radical (unpaired) electrons. The summed E-state index contributed by atoms with van der Waals surface area (Å²) in [7, 11) is 0. The van der Waals surface area contributed by atoms with Gasteiger partial charge in [-0.2, -0.15) is 0 Å². The molecule has 0 aliphatic heterocycles. The highest BCUT2D eigenvalue weighted by Gasteiger charge is 2.06. The number of aryl methyl sites for hydroxylation is 1. The molecule has 0 saturated carbocycles. The van der Waals surface area contributed by atoms with Crippen LogP contribution >= 0.6 is 0 Å². The summed E-state index contributed by atoms with van der Waals surface area (Å²) < 4.78 is 1.63. The van der Waals surface area contributed by atoms with Crippen molar-refractivity contribution in [1.82, 2.24) is 19.9 Å². The Morgan fingerprint density at radius 2 is 2.24 bits per heavy atom. The van der Waals surface area contributed by atoms with E-state index in [0.29, 0.717) is 25.9 Å². The number of carbonyl (C=O) groups excluding carboxylic acids is 1. The number of nitrogens with zero attached hydrogens (tertiary/aromatic N) is 3. The molecule has 2 aromatic rings. The molecule has 21 heavy (non-hydrogen) atoms. The number of aromatic carboxylic acids is 1. The summed E-state index contributed by atoms with van der Waals surface area (Å²) >= 11 is 0. The summed E-state index contributed by atoms with van der Waals surface area (Å²) in [4.78, 5) is 30.1. The second kappa shape index (κ2) is 7.18. The molecule has 0 aliphatic rings. The van der Waals surface area contributed by atoms with Crippen molar-refractivity contribution in [1.29, 1.82) is 0 Å². The Bertz CT molecular complexity index is 610. The minimum atomic E-state index is -1.06. The fourth-order valence-electron chi connectivity index (χ4n) is 1.81. The molecule has 0 saturated heterocycles. The summed E-state index contributed by atoms with van der Waals surface area (Å²) in [6, 6.07) is 3.77. The molecule has 0 bridgehead atoms. The minimum Gasteiger partial charge on any atom is -0.476 e. The second-order valence-electron chi connectivity index (χ2n) is 4.51. The van der Waals surface area contributed by atoms with E-state index >= 15 is 0 Å². The Morgan fingerprint density at radius 3 is 2.90 bits per heavy atom. The number of nitrogens with one attached hydrogen (secondary N) is 1. The number of carbonyl (C=O) groups is 2. The van der Waals surface area contributed by atoms with Gasteiger partial charge in [0.05, 0.1) is 6.33 Å². The number of pyridine rings is 1. The maximum atomic E-state index is 11.7. The number of amides is 1. The molecule has 2 rings (SSSR count). The van der Waals surface area contributed by atoms with Crippen molar-refractivity contribution in [2.24, 2.45) is 0 Å². The minimum absolute atomic E-state index is 0.00194. The molecule has 2 aromatic heterocycles. The first kappa shape index (κ1) is 14.7. The average Bonchev–Trinajstić information content (AvgIpc) is 2.95. The van der Waals surface area contributed by atoms with Gasteiger partial charge in [-0.25, -0.2) is 9.78 Å². The van der Waals surface area contributed by atoms with Crippen LogP contribution in [-0.2, 0) is 17.8 Å². The highest BCUT2D eigenvalue weighted by Crippen LogP contribution is 2.00. The molecule has 0 aromatic carbocycles. The summed E-state index contributed by atoms with van der Waals surface area (Å²) in [6.45, 7) is 0.917. The Kier molecular flexibility index (Phi) is 5.03. The Hall–Kier alpha value is -2.70. The van der Waals surface area contributed by atoms with Crippen LogP contribution in [0.3, 0.4) is 0 Å². The molecule has 0 aliphatic carbocycles. The maximum Gasteiger partial charge on any atom is 0.356 e.